The molecule has 1 aromatic heterocycles. The molecule has 35 heavy (non-hydrogen) atoms. The summed E-state index contributed by atoms with van der Waals surface area (Å²) < 4.78 is 11.1. The number of anilines is 4. The zero-order valence-electron chi connectivity index (χ0n) is 19.6. The first-order valence-electron chi connectivity index (χ1n) is 11.8. The van der Waals surface area contributed by atoms with Crippen LogP contribution in [-0.2, 0) is 0 Å². The predicted octanol–water partition coefficient (Wildman–Crippen LogP) is 3.32. The van der Waals surface area contributed by atoms with Gasteiger partial charge in [0.2, 0.25) is 5.78 Å². The zero-order chi connectivity index (χ0) is 24.4. The summed E-state index contributed by atoms with van der Waals surface area (Å²) in [4.78, 5) is 22.2. The fourth-order valence-electron chi connectivity index (χ4n) is 4.28. The van der Waals surface area contributed by atoms with E-state index in [0.717, 1.165) is 44.0 Å². The van der Waals surface area contributed by atoms with E-state index in [4.69, 9.17) is 15.2 Å². The van der Waals surface area contributed by atoms with Crippen molar-refractivity contribution in [2.75, 3.05) is 55.3 Å². The lowest BCUT2D eigenvalue weighted by Gasteiger charge is -2.38. The van der Waals surface area contributed by atoms with E-state index in [-0.39, 0.29) is 17.8 Å². The second kappa shape index (κ2) is 10.1. The number of piperazine rings is 1. The summed E-state index contributed by atoms with van der Waals surface area (Å²) >= 11 is 1.22. The van der Waals surface area contributed by atoms with Crippen LogP contribution in [0.2, 0.25) is 0 Å². The number of aliphatic hydroxyl groups excluding tert-OH is 1. The minimum Gasteiger partial charge on any atom is -0.486 e. The molecule has 2 aliphatic heterocycles. The Labute approximate surface area is 208 Å². The molecule has 0 spiro atoms. The third-order valence-electron chi connectivity index (χ3n) is 6.25. The van der Waals surface area contributed by atoms with Crippen molar-refractivity contribution in [2.45, 2.75) is 19.6 Å². The SMILES string of the molecule is CCC(O)N1CCN(c2ccc(Nc3nc(N)c(C(=O)c4ccc5c(c4)OCCO5)s3)cc2)CC1. The van der Waals surface area contributed by atoms with Gasteiger partial charge in [-0.3, -0.25) is 9.69 Å². The molecule has 5 rings (SSSR count). The van der Waals surface area contributed by atoms with Crippen molar-refractivity contribution in [3.63, 3.8) is 0 Å². The monoisotopic (exact) mass is 495 g/mol. The molecule has 1 fully saturated rings. The summed E-state index contributed by atoms with van der Waals surface area (Å²) in [6.45, 7) is 6.38. The van der Waals surface area contributed by atoms with Crippen LogP contribution in [0.15, 0.2) is 42.5 Å². The van der Waals surface area contributed by atoms with E-state index in [1.54, 1.807) is 18.2 Å². The van der Waals surface area contributed by atoms with Gasteiger partial charge in [0.1, 0.15) is 30.1 Å². The maximum atomic E-state index is 13.1. The average Bonchev–Trinajstić information content (AvgIpc) is 3.27. The highest BCUT2D eigenvalue weighted by atomic mass is 32.1. The van der Waals surface area contributed by atoms with Crippen LogP contribution in [0.25, 0.3) is 0 Å². The first-order valence-corrected chi connectivity index (χ1v) is 12.6. The van der Waals surface area contributed by atoms with E-state index in [1.165, 1.54) is 11.3 Å². The van der Waals surface area contributed by atoms with Crippen LogP contribution in [0.5, 0.6) is 11.5 Å². The molecule has 4 N–H and O–H groups in total. The second-order valence-corrected chi connectivity index (χ2v) is 9.50. The van der Waals surface area contributed by atoms with Gasteiger partial charge in [0.15, 0.2) is 16.6 Å². The van der Waals surface area contributed by atoms with Gasteiger partial charge in [0, 0.05) is 43.1 Å². The summed E-state index contributed by atoms with van der Waals surface area (Å²) in [7, 11) is 0. The molecule has 3 heterocycles. The van der Waals surface area contributed by atoms with Gasteiger partial charge >= 0.3 is 0 Å². The number of aliphatic hydroxyl groups is 1. The summed E-state index contributed by atoms with van der Waals surface area (Å²) in [5.74, 6) is 1.19. The molecule has 1 unspecified atom stereocenters. The quantitative estimate of drug-likeness (QED) is 0.425. The second-order valence-electron chi connectivity index (χ2n) is 8.50. The lowest BCUT2D eigenvalue weighted by molar-refractivity contribution is -0.00191. The van der Waals surface area contributed by atoms with E-state index in [9.17, 15) is 9.90 Å². The zero-order valence-corrected chi connectivity index (χ0v) is 20.4. The summed E-state index contributed by atoms with van der Waals surface area (Å²) in [5.41, 5.74) is 8.56. The summed E-state index contributed by atoms with van der Waals surface area (Å²) in [5, 5.41) is 13.8. The smallest absolute Gasteiger partial charge is 0.206 e. The van der Waals surface area contributed by atoms with E-state index in [1.807, 2.05) is 19.1 Å². The van der Waals surface area contributed by atoms with Crippen LogP contribution in [0.1, 0.15) is 28.6 Å². The fraction of sp³-hybridized carbons (Fsp3) is 0.360. The molecule has 2 aromatic carbocycles. The number of benzene rings is 2. The number of carbonyl (C=O) groups excluding carboxylic acids is 1. The van der Waals surface area contributed by atoms with Crippen molar-refractivity contribution in [3.05, 3.63) is 52.9 Å². The van der Waals surface area contributed by atoms with Gasteiger partial charge in [-0.05, 0) is 48.9 Å². The van der Waals surface area contributed by atoms with Gasteiger partial charge in [-0.25, -0.2) is 4.98 Å². The maximum absolute atomic E-state index is 13.1. The lowest BCUT2D eigenvalue weighted by atomic mass is 10.1. The van der Waals surface area contributed by atoms with Crippen LogP contribution in [0.4, 0.5) is 22.3 Å². The van der Waals surface area contributed by atoms with Crippen molar-refractivity contribution in [2.24, 2.45) is 0 Å². The number of nitrogens with zero attached hydrogens (tertiary/aromatic N) is 3. The Morgan fingerprint density at radius 2 is 1.83 bits per heavy atom. The molecule has 1 saturated heterocycles. The van der Waals surface area contributed by atoms with Gasteiger partial charge in [0.05, 0.1) is 0 Å². The average molecular weight is 496 g/mol. The van der Waals surface area contributed by atoms with Crippen LogP contribution >= 0.6 is 11.3 Å². The van der Waals surface area contributed by atoms with Gasteiger partial charge in [-0.1, -0.05) is 18.3 Å². The van der Waals surface area contributed by atoms with E-state index in [2.05, 4.69) is 32.2 Å². The number of aromatic nitrogens is 1. The van der Waals surface area contributed by atoms with Crippen LogP contribution in [0.3, 0.4) is 0 Å². The number of thiazole rings is 1. The van der Waals surface area contributed by atoms with E-state index in [0.29, 0.717) is 40.3 Å². The standard InChI is InChI=1S/C25H29N5O4S/c1-2-21(31)30-11-9-29(10-12-30)18-6-4-17(5-7-18)27-25-28-24(26)23(35-25)22(32)16-3-8-19-20(15-16)34-14-13-33-19/h3-8,15,21,31H,2,9-14,26H2,1H3,(H,27,28). The van der Waals surface area contributed by atoms with E-state index >= 15 is 0 Å². The molecule has 9 nitrogen and oxygen atoms in total. The maximum Gasteiger partial charge on any atom is 0.206 e. The fourth-order valence-corrected chi connectivity index (χ4v) is 5.15. The number of nitrogens with one attached hydrogen (secondary N) is 1. The Morgan fingerprint density at radius 3 is 2.54 bits per heavy atom. The highest BCUT2D eigenvalue weighted by Gasteiger charge is 2.22. The molecule has 0 amide bonds. The number of carbonyl (C=O) groups is 1. The van der Waals surface area contributed by atoms with Gasteiger partial charge < -0.3 is 30.5 Å². The van der Waals surface area contributed by atoms with Gasteiger partial charge in [-0.15, -0.1) is 0 Å². The Morgan fingerprint density at radius 1 is 1.11 bits per heavy atom. The summed E-state index contributed by atoms with van der Waals surface area (Å²) in [6, 6.07) is 13.2. The minimum atomic E-state index is -0.360. The number of fused-ring (bicyclic) bond motifs is 1. The number of ether oxygens (including phenoxy) is 2. The molecule has 0 radical (unpaired) electrons. The highest BCUT2D eigenvalue weighted by molar-refractivity contribution is 7.18. The lowest BCUT2D eigenvalue weighted by Crippen LogP contribution is -2.50. The van der Waals surface area contributed by atoms with Crippen molar-refractivity contribution in [3.8, 4) is 11.5 Å². The minimum absolute atomic E-state index is 0.196. The normalized spacial score (nSPS) is 16.7. The Bertz CT molecular complexity index is 1190. The van der Waals surface area contributed by atoms with Crippen molar-refractivity contribution in [1.82, 2.24) is 9.88 Å². The largest absolute Gasteiger partial charge is 0.486 e. The predicted molar refractivity (Wildman–Crippen MR) is 137 cm³/mol. The summed E-state index contributed by atoms with van der Waals surface area (Å²) in [6.07, 6.45) is 0.381. The Kier molecular flexibility index (Phi) is 6.76. The highest BCUT2D eigenvalue weighted by Crippen LogP contribution is 2.34. The van der Waals surface area contributed by atoms with Crippen molar-refractivity contribution in [1.29, 1.82) is 0 Å². The molecule has 2 aliphatic rings. The third kappa shape index (κ3) is 5.04. The van der Waals surface area contributed by atoms with Crippen molar-refractivity contribution < 1.29 is 19.4 Å². The molecule has 0 aliphatic carbocycles. The molecule has 10 heteroatoms. The molecule has 0 bridgehead atoms. The number of nitrogen functional groups attached to an aromatic ring is 1. The first-order chi connectivity index (χ1) is 17.0. The van der Waals surface area contributed by atoms with Crippen LogP contribution in [-0.4, -0.2) is 66.4 Å². The number of nitrogens with two attached hydrogens (primary N) is 1. The van der Waals surface area contributed by atoms with Crippen LogP contribution in [0, 0.1) is 0 Å². The molecule has 3 aromatic rings. The van der Waals surface area contributed by atoms with Crippen LogP contribution < -0.4 is 25.4 Å². The third-order valence-corrected chi connectivity index (χ3v) is 7.23. The molecule has 0 saturated carbocycles. The molecular formula is C25H29N5O4S. The Hall–Kier alpha value is -3.34. The van der Waals surface area contributed by atoms with Gasteiger partial charge in [0.25, 0.3) is 0 Å². The first kappa shape index (κ1) is 23.4. The molecular weight excluding hydrogens is 466 g/mol. The number of hydrogen-bond acceptors (Lipinski definition) is 10. The Balaban J connectivity index is 1.23. The number of hydrogen-bond donors (Lipinski definition) is 3. The number of ketones is 1. The van der Waals surface area contributed by atoms with Gasteiger partial charge in [-0.2, -0.15) is 0 Å². The topological polar surface area (TPSA) is 113 Å². The molecule has 184 valence electrons. The number of rotatable bonds is 7. The van der Waals surface area contributed by atoms with Crippen molar-refractivity contribution >= 4 is 39.4 Å². The molecule has 1 atom stereocenters. The van der Waals surface area contributed by atoms with E-state index < -0.39 is 0 Å².